The number of nitrogens with zero attached hydrogens (tertiary/aromatic N) is 1. The van der Waals surface area contributed by atoms with E-state index in [1.54, 1.807) is 0 Å². The average Bonchev–Trinajstić information content (AvgIpc) is 3.27. The molecule has 3 rings (SSSR count). The maximum atomic E-state index is 14.0. The number of ether oxygens (including phenoxy) is 2. The van der Waals surface area contributed by atoms with Gasteiger partial charge in [0.05, 0.1) is 6.61 Å². The van der Waals surface area contributed by atoms with E-state index in [1.165, 1.54) is 43.2 Å². The van der Waals surface area contributed by atoms with Crippen molar-refractivity contribution in [3.8, 4) is 0 Å². The summed E-state index contributed by atoms with van der Waals surface area (Å²) in [6, 6.07) is 18.8. The summed E-state index contributed by atoms with van der Waals surface area (Å²) >= 11 is 0. The second-order valence-electron chi connectivity index (χ2n) is 17.4. The third-order valence-electron chi connectivity index (χ3n) is 11.9. The van der Waals surface area contributed by atoms with Crippen LogP contribution in [0, 0.1) is 0 Å². The molecule has 0 aromatic heterocycles. The predicted molar refractivity (Wildman–Crippen MR) is 256 cm³/mol. The van der Waals surface area contributed by atoms with Crippen LogP contribution in [0.4, 0.5) is 0 Å². The monoisotopic (exact) mass is 960 g/mol. The summed E-state index contributed by atoms with van der Waals surface area (Å²) < 4.78 is 50.2. The molecule has 366 valence electrons. The molecule has 0 radical (unpaired) electrons. The van der Waals surface area contributed by atoms with Crippen LogP contribution in [-0.4, -0.2) is 121 Å². The number of hydrogen-bond donors (Lipinski definition) is 3. The molecule has 2 aromatic carbocycles. The van der Waals surface area contributed by atoms with Gasteiger partial charge < -0.3 is 24.5 Å². The van der Waals surface area contributed by atoms with Crippen molar-refractivity contribution in [3.63, 3.8) is 0 Å². The van der Waals surface area contributed by atoms with Crippen LogP contribution in [0.15, 0.2) is 60.7 Å². The molecule has 0 spiro atoms. The first-order valence-corrected chi connectivity index (χ1v) is 25.8. The van der Waals surface area contributed by atoms with Gasteiger partial charge in [0.2, 0.25) is 0 Å². The van der Waals surface area contributed by atoms with Gasteiger partial charge in [-0.05, 0) is 56.1 Å². The number of aryl methyl sites for hydroxylation is 2. The molecule has 0 aliphatic carbocycles. The molecule has 2 aromatic rings. The summed E-state index contributed by atoms with van der Waals surface area (Å²) in [6.45, 7) is 1.30. The van der Waals surface area contributed by atoms with Crippen LogP contribution in [0.1, 0.15) is 185 Å². The number of carbonyl (C=O) groups is 3. The van der Waals surface area contributed by atoms with E-state index < -0.39 is 65.5 Å². The number of benzene rings is 2. The number of rotatable bonds is 35. The van der Waals surface area contributed by atoms with E-state index in [0.29, 0.717) is 24.3 Å². The summed E-state index contributed by atoms with van der Waals surface area (Å²) in [5.74, 6) is -2.27. The SMILES string of the molecule is CCCCCCCCCCCCCC(=O)N(OC(=O)CCCCCCCCc1ccccc1)[C@H]1[C@@H](OC(=O)CCCCCCCCc2ccccc2)[C@H](OS(=O)(=O)O)[C@@H](CO)O[C@@H]1O.[CaH2]. The van der Waals surface area contributed by atoms with Crippen LogP contribution in [-0.2, 0) is 56.1 Å². The third-order valence-corrected chi connectivity index (χ3v) is 12.4. The zero-order chi connectivity index (χ0) is 46.3. The fraction of sp³-hybridized carbons (Fsp3) is 0.700. The first-order chi connectivity index (χ1) is 31.0. The molecule has 0 unspecified atom stereocenters. The van der Waals surface area contributed by atoms with Crippen molar-refractivity contribution in [1.82, 2.24) is 5.06 Å². The van der Waals surface area contributed by atoms with E-state index in [4.69, 9.17) is 18.5 Å². The minimum absolute atomic E-state index is 0. The van der Waals surface area contributed by atoms with Crippen molar-refractivity contribution in [2.24, 2.45) is 0 Å². The molecule has 1 heterocycles. The van der Waals surface area contributed by atoms with Crippen LogP contribution in [0.5, 0.6) is 0 Å². The first kappa shape index (κ1) is 59.0. The van der Waals surface area contributed by atoms with Crippen LogP contribution < -0.4 is 0 Å². The van der Waals surface area contributed by atoms with Gasteiger partial charge in [-0.15, -0.1) is 0 Å². The van der Waals surface area contributed by atoms with Gasteiger partial charge in [0.25, 0.3) is 5.91 Å². The fourth-order valence-corrected chi connectivity index (χ4v) is 8.80. The van der Waals surface area contributed by atoms with Crippen LogP contribution in [0.2, 0.25) is 0 Å². The first-order valence-electron chi connectivity index (χ1n) is 24.4. The summed E-state index contributed by atoms with van der Waals surface area (Å²) in [5, 5.41) is 22.1. The van der Waals surface area contributed by atoms with Crippen molar-refractivity contribution in [2.45, 2.75) is 217 Å². The number of carbonyl (C=O) groups excluding carboxylic acids is 3. The molecule has 5 atom stereocenters. The normalized spacial score (nSPS) is 18.4. The second kappa shape index (κ2) is 35.9. The summed E-state index contributed by atoms with van der Waals surface area (Å²) in [4.78, 5) is 46.5. The van der Waals surface area contributed by atoms with Gasteiger partial charge in [-0.2, -0.15) is 13.5 Å². The van der Waals surface area contributed by atoms with Crippen molar-refractivity contribution >= 4 is 66.0 Å². The maximum absolute atomic E-state index is 14.0. The Morgan fingerprint density at radius 2 is 1.02 bits per heavy atom. The zero-order valence-corrected chi connectivity index (χ0v) is 39.4. The Kier molecular flexibility index (Phi) is 32.6. The summed E-state index contributed by atoms with van der Waals surface area (Å²) in [7, 11) is -5.24. The number of unbranched alkanes of at least 4 members (excludes halogenated alkanes) is 20. The van der Waals surface area contributed by atoms with Gasteiger partial charge in [0, 0.05) is 19.3 Å². The van der Waals surface area contributed by atoms with E-state index in [-0.39, 0.29) is 57.0 Å². The number of hydrogen-bond acceptors (Lipinski definition) is 11. The third kappa shape index (κ3) is 26.3. The van der Waals surface area contributed by atoms with Gasteiger partial charge >= 0.3 is 60.1 Å². The molecule has 1 saturated heterocycles. The molecule has 15 heteroatoms. The Bertz CT molecular complexity index is 1650. The minimum atomic E-state index is -5.24. The molecule has 1 aliphatic heterocycles. The number of esters is 1. The number of hydroxylamine groups is 2. The zero-order valence-electron chi connectivity index (χ0n) is 38.5. The Hall–Kier alpha value is -2.14. The summed E-state index contributed by atoms with van der Waals surface area (Å²) in [6.07, 6.45) is 16.4. The topological polar surface area (TPSA) is 186 Å². The predicted octanol–water partition coefficient (Wildman–Crippen LogP) is 9.18. The summed E-state index contributed by atoms with van der Waals surface area (Å²) in [5.41, 5.74) is 2.60. The molecular formula is C50H81CaNO12S. The standard InChI is InChI=1S/C50H79NO12S.Ca.2H/c1-2-3-4-5-6-7-8-9-10-17-28-37-44(53)51(62-46(55)39-30-19-14-12-16-23-32-42-35-26-21-27-36-42)47-49(48(63-64(57,58)59)43(40-52)60-50(47)56)61-45(54)38-29-18-13-11-15-22-31-41-33-24-20-25-34-41;;;/h20-21,24-27,33-36,43,47-50,52,56H,2-19,22-23,28-32,37-40H2,1H3,(H,57,58,59);;;/t43-,47+,48-,49-,50+;;;/m1.../s1. The van der Waals surface area contributed by atoms with Crippen molar-refractivity contribution in [2.75, 3.05) is 6.61 Å². The van der Waals surface area contributed by atoms with Gasteiger partial charge in [-0.3, -0.25) is 14.1 Å². The average molecular weight is 960 g/mol. The number of amides is 1. The van der Waals surface area contributed by atoms with Gasteiger partial charge in [-0.25, -0.2) is 8.98 Å². The number of aliphatic hydroxyl groups is 2. The molecule has 1 aliphatic rings. The Labute approximate surface area is 420 Å². The van der Waals surface area contributed by atoms with E-state index in [9.17, 15) is 37.6 Å². The van der Waals surface area contributed by atoms with E-state index in [2.05, 4.69) is 31.2 Å². The number of aliphatic hydroxyl groups excluding tert-OH is 2. The van der Waals surface area contributed by atoms with E-state index in [0.717, 1.165) is 109 Å². The van der Waals surface area contributed by atoms with Crippen LogP contribution >= 0.6 is 0 Å². The van der Waals surface area contributed by atoms with E-state index >= 15 is 0 Å². The van der Waals surface area contributed by atoms with Crippen LogP contribution in [0.3, 0.4) is 0 Å². The van der Waals surface area contributed by atoms with Gasteiger partial charge in [0.15, 0.2) is 18.4 Å². The van der Waals surface area contributed by atoms with Crippen LogP contribution in [0.25, 0.3) is 0 Å². The van der Waals surface area contributed by atoms with Crippen molar-refractivity contribution in [1.29, 1.82) is 0 Å². The molecular weight excluding hydrogens is 879 g/mol. The van der Waals surface area contributed by atoms with Crippen molar-refractivity contribution < 1.29 is 56.1 Å². The Balaban J connectivity index is 0.0000145. The second-order valence-corrected chi connectivity index (χ2v) is 18.4. The molecule has 0 bridgehead atoms. The molecule has 3 N–H and O–H groups in total. The molecule has 1 amide bonds. The van der Waals surface area contributed by atoms with E-state index in [1.807, 2.05) is 36.4 Å². The fourth-order valence-electron chi connectivity index (χ4n) is 8.29. The molecule has 1 fully saturated rings. The molecule has 65 heavy (non-hydrogen) atoms. The van der Waals surface area contributed by atoms with Crippen molar-refractivity contribution in [3.05, 3.63) is 71.8 Å². The van der Waals surface area contributed by atoms with Gasteiger partial charge in [0.1, 0.15) is 12.2 Å². The molecule has 13 nitrogen and oxygen atoms in total. The quantitative estimate of drug-likeness (QED) is 0.0196. The molecule has 0 saturated carbocycles. The Morgan fingerprint density at radius 1 is 0.600 bits per heavy atom. The Morgan fingerprint density at radius 3 is 1.46 bits per heavy atom. The van der Waals surface area contributed by atoms with Gasteiger partial charge in [-0.1, -0.05) is 183 Å².